The Morgan fingerprint density at radius 3 is 2.48 bits per heavy atom. The van der Waals surface area contributed by atoms with Crippen molar-refractivity contribution in [3.8, 4) is 0 Å². The molecule has 6 nitrogen and oxygen atoms in total. The molecule has 0 bridgehead atoms. The van der Waals surface area contributed by atoms with Crippen LogP contribution in [0.1, 0.15) is 18.5 Å². The Kier molecular flexibility index (Phi) is 6.16. The van der Waals surface area contributed by atoms with E-state index in [1.807, 2.05) is 12.1 Å². The zero-order valence-corrected chi connectivity index (χ0v) is 15.2. The second-order valence-corrected chi connectivity index (χ2v) is 8.19. The van der Waals surface area contributed by atoms with Crippen LogP contribution < -0.4 is 10.0 Å². The van der Waals surface area contributed by atoms with Crippen LogP contribution in [-0.4, -0.2) is 71.6 Å². The summed E-state index contributed by atoms with van der Waals surface area (Å²) < 4.78 is 25.8. The lowest BCUT2D eigenvalue weighted by molar-refractivity contribution is 0.112. The number of likely N-dealkylation sites (N-methyl/N-ethyl adjacent to an activating group) is 2. The van der Waals surface area contributed by atoms with Crippen molar-refractivity contribution in [3.63, 3.8) is 0 Å². The van der Waals surface area contributed by atoms with Crippen LogP contribution in [0.25, 0.3) is 0 Å². The molecule has 1 aliphatic heterocycles. The molecule has 0 saturated carbocycles. The van der Waals surface area contributed by atoms with Gasteiger partial charge in [-0.05, 0) is 45.8 Å². The molecule has 0 aromatic heterocycles. The van der Waals surface area contributed by atoms with Crippen LogP contribution in [-0.2, 0) is 10.0 Å². The van der Waals surface area contributed by atoms with Gasteiger partial charge in [-0.2, -0.15) is 0 Å². The number of nitrogens with zero attached hydrogens (tertiary/aromatic N) is 2. The molecule has 1 heterocycles. The van der Waals surface area contributed by atoms with Gasteiger partial charge < -0.3 is 10.2 Å². The first kappa shape index (κ1) is 18.4. The molecule has 2 N–H and O–H groups in total. The van der Waals surface area contributed by atoms with Gasteiger partial charge in [0.2, 0.25) is 10.0 Å². The Balaban J connectivity index is 1.94. The Labute approximate surface area is 139 Å². The highest BCUT2D eigenvalue weighted by atomic mass is 32.2. The standard InChI is InChI=1S/C16H28N4O2S/c1-13(18-11-15-12-19(3)9-10-20(15)4)14-5-7-16(8-6-14)23(21,22)17-2/h5-8,13,15,17-18H,9-12H2,1-4H3. The van der Waals surface area contributed by atoms with Gasteiger partial charge in [-0.25, -0.2) is 13.1 Å². The minimum Gasteiger partial charge on any atom is -0.309 e. The number of piperazine rings is 1. The summed E-state index contributed by atoms with van der Waals surface area (Å²) in [5.41, 5.74) is 1.09. The van der Waals surface area contributed by atoms with Crippen LogP contribution in [0.15, 0.2) is 29.2 Å². The molecule has 1 aromatic carbocycles. The number of rotatable bonds is 6. The van der Waals surface area contributed by atoms with Gasteiger partial charge in [0.1, 0.15) is 0 Å². The fraction of sp³-hybridized carbons (Fsp3) is 0.625. The van der Waals surface area contributed by atoms with E-state index in [-0.39, 0.29) is 6.04 Å². The van der Waals surface area contributed by atoms with E-state index in [0.29, 0.717) is 10.9 Å². The van der Waals surface area contributed by atoms with Crippen molar-refractivity contribution in [3.05, 3.63) is 29.8 Å². The summed E-state index contributed by atoms with van der Waals surface area (Å²) in [6.07, 6.45) is 0. The normalized spacial score (nSPS) is 22.2. The minimum absolute atomic E-state index is 0.182. The van der Waals surface area contributed by atoms with Crippen LogP contribution in [0.3, 0.4) is 0 Å². The second kappa shape index (κ2) is 7.72. The summed E-state index contributed by atoms with van der Waals surface area (Å²) in [4.78, 5) is 5.04. The van der Waals surface area contributed by atoms with Gasteiger partial charge in [-0.3, -0.25) is 4.90 Å². The molecule has 0 aliphatic carbocycles. The predicted molar refractivity (Wildman–Crippen MR) is 93.0 cm³/mol. The van der Waals surface area contributed by atoms with Crippen molar-refractivity contribution in [2.75, 3.05) is 47.3 Å². The van der Waals surface area contributed by atoms with Gasteiger partial charge >= 0.3 is 0 Å². The van der Waals surface area contributed by atoms with E-state index in [0.717, 1.165) is 31.7 Å². The Morgan fingerprint density at radius 2 is 1.87 bits per heavy atom. The summed E-state index contributed by atoms with van der Waals surface area (Å²) in [5.74, 6) is 0. The predicted octanol–water partition coefficient (Wildman–Crippen LogP) is 0.491. The number of hydrogen-bond acceptors (Lipinski definition) is 5. The monoisotopic (exact) mass is 340 g/mol. The molecule has 23 heavy (non-hydrogen) atoms. The third-order valence-electron chi connectivity index (χ3n) is 4.60. The Morgan fingerprint density at radius 1 is 1.22 bits per heavy atom. The number of nitrogens with one attached hydrogen (secondary N) is 2. The highest BCUT2D eigenvalue weighted by molar-refractivity contribution is 7.89. The van der Waals surface area contributed by atoms with E-state index in [1.54, 1.807) is 12.1 Å². The van der Waals surface area contributed by atoms with Gasteiger partial charge in [-0.1, -0.05) is 12.1 Å². The fourth-order valence-electron chi connectivity index (χ4n) is 2.81. The van der Waals surface area contributed by atoms with Crippen LogP contribution in [0.4, 0.5) is 0 Å². The molecule has 130 valence electrons. The average Bonchev–Trinajstić information content (AvgIpc) is 2.55. The molecule has 2 atom stereocenters. The molecule has 2 unspecified atom stereocenters. The smallest absolute Gasteiger partial charge is 0.240 e. The van der Waals surface area contributed by atoms with E-state index in [4.69, 9.17) is 0 Å². The molecule has 2 rings (SSSR count). The van der Waals surface area contributed by atoms with Crippen LogP contribution in [0.5, 0.6) is 0 Å². The third-order valence-corrected chi connectivity index (χ3v) is 6.03. The average molecular weight is 340 g/mol. The first-order valence-corrected chi connectivity index (χ1v) is 9.47. The van der Waals surface area contributed by atoms with Crippen molar-refractivity contribution >= 4 is 10.0 Å². The molecule has 0 spiro atoms. The zero-order valence-electron chi connectivity index (χ0n) is 14.4. The van der Waals surface area contributed by atoms with Crippen molar-refractivity contribution in [2.45, 2.75) is 23.9 Å². The van der Waals surface area contributed by atoms with Crippen molar-refractivity contribution < 1.29 is 8.42 Å². The first-order chi connectivity index (χ1) is 10.8. The summed E-state index contributed by atoms with van der Waals surface area (Å²) >= 11 is 0. The summed E-state index contributed by atoms with van der Waals surface area (Å²) in [5, 5.41) is 3.56. The Bertz CT molecular complexity index is 603. The molecule has 1 fully saturated rings. The van der Waals surface area contributed by atoms with E-state index >= 15 is 0 Å². The Hall–Kier alpha value is -0.990. The fourth-order valence-corrected chi connectivity index (χ4v) is 3.54. The largest absolute Gasteiger partial charge is 0.309 e. The van der Waals surface area contributed by atoms with Gasteiger partial charge in [-0.15, -0.1) is 0 Å². The SMILES string of the molecule is CNS(=O)(=O)c1ccc(C(C)NCC2CN(C)CCN2C)cc1. The maximum absolute atomic E-state index is 11.7. The van der Waals surface area contributed by atoms with Gasteiger partial charge in [0.15, 0.2) is 0 Å². The molecule has 1 aliphatic rings. The van der Waals surface area contributed by atoms with E-state index in [9.17, 15) is 8.42 Å². The van der Waals surface area contributed by atoms with Crippen LogP contribution >= 0.6 is 0 Å². The lowest BCUT2D eigenvalue weighted by atomic mass is 10.1. The van der Waals surface area contributed by atoms with E-state index in [1.165, 1.54) is 7.05 Å². The number of hydrogen-bond donors (Lipinski definition) is 2. The molecule has 1 aromatic rings. The van der Waals surface area contributed by atoms with E-state index < -0.39 is 10.0 Å². The molecule has 7 heteroatoms. The highest BCUT2D eigenvalue weighted by Gasteiger charge is 2.22. The van der Waals surface area contributed by atoms with Gasteiger partial charge in [0.05, 0.1) is 4.90 Å². The minimum atomic E-state index is -3.37. The zero-order chi connectivity index (χ0) is 17.0. The lowest BCUT2D eigenvalue weighted by Gasteiger charge is -2.38. The quantitative estimate of drug-likeness (QED) is 0.789. The first-order valence-electron chi connectivity index (χ1n) is 7.99. The number of benzene rings is 1. The van der Waals surface area contributed by atoms with E-state index in [2.05, 4.69) is 40.9 Å². The molecule has 0 amide bonds. The van der Waals surface area contributed by atoms with Crippen LogP contribution in [0, 0.1) is 0 Å². The summed E-state index contributed by atoms with van der Waals surface area (Å²) in [7, 11) is 2.38. The summed E-state index contributed by atoms with van der Waals surface area (Å²) in [6.45, 7) is 6.29. The maximum Gasteiger partial charge on any atom is 0.240 e. The topological polar surface area (TPSA) is 64.7 Å². The molecule has 1 saturated heterocycles. The van der Waals surface area contributed by atoms with Crippen LogP contribution in [0.2, 0.25) is 0 Å². The molecule has 0 radical (unpaired) electrons. The number of sulfonamides is 1. The van der Waals surface area contributed by atoms with Crippen molar-refractivity contribution in [1.29, 1.82) is 0 Å². The van der Waals surface area contributed by atoms with Crippen molar-refractivity contribution in [1.82, 2.24) is 19.8 Å². The highest BCUT2D eigenvalue weighted by Crippen LogP contribution is 2.16. The lowest BCUT2D eigenvalue weighted by Crippen LogP contribution is -2.53. The second-order valence-electron chi connectivity index (χ2n) is 6.30. The third kappa shape index (κ3) is 4.74. The molecular weight excluding hydrogens is 312 g/mol. The van der Waals surface area contributed by atoms with Crippen molar-refractivity contribution in [2.24, 2.45) is 0 Å². The summed E-state index contributed by atoms with van der Waals surface area (Å²) in [6, 6.07) is 7.74. The van der Waals surface area contributed by atoms with Gasteiger partial charge in [0.25, 0.3) is 0 Å². The maximum atomic E-state index is 11.7. The molecular formula is C16H28N4O2S. The van der Waals surface area contributed by atoms with Gasteiger partial charge in [0, 0.05) is 38.3 Å².